The maximum atomic E-state index is 11.9. The molecule has 3 heterocycles. The molecule has 1 fully saturated rings. The van der Waals surface area contributed by atoms with Gasteiger partial charge in [0, 0.05) is 45.0 Å². The van der Waals surface area contributed by atoms with Gasteiger partial charge in [0.15, 0.2) is 0 Å². The van der Waals surface area contributed by atoms with Gasteiger partial charge in [0.25, 0.3) is 0 Å². The fraction of sp³-hybridized carbons (Fsp3) is 0.368. The zero-order valence-corrected chi connectivity index (χ0v) is 15.6. The zero-order chi connectivity index (χ0) is 19.9. The maximum absolute atomic E-state index is 11.9. The smallest absolute Gasteiger partial charge is 0.412 e. The van der Waals surface area contributed by atoms with E-state index in [-0.39, 0.29) is 12.2 Å². The monoisotopic (exact) mass is 382 g/mol. The lowest BCUT2D eigenvalue weighted by Gasteiger charge is -2.35. The standard InChI is InChI=1S/C19H22N6O3/c1-2-28-19(27)23-16-9-15(10-18(26)22-16)13-24-5-7-25(8-6-24)17-4-3-14(11-20)12-21-17/h3-4,9-10,12H,2,5-8,13H2,1H3,(H2,22,23,26,27). The van der Waals surface area contributed by atoms with E-state index in [1.54, 1.807) is 25.3 Å². The fourth-order valence-corrected chi connectivity index (χ4v) is 3.07. The summed E-state index contributed by atoms with van der Waals surface area (Å²) in [6.45, 7) is 5.81. The quantitative estimate of drug-likeness (QED) is 0.806. The van der Waals surface area contributed by atoms with Crippen LogP contribution in [0.5, 0.6) is 0 Å². The molecular weight excluding hydrogens is 360 g/mol. The van der Waals surface area contributed by atoms with E-state index in [1.807, 2.05) is 6.07 Å². The third-order valence-electron chi connectivity index (χ3n) is 4.40. The maximum Gasteiger partial charge on any atom is 0.412 e. The lowest BCUT2D eigenvalue weighted by Crippen LogP contribution is -2.46. The Morgan fingerprint density at radius 2 is 2.11 bits per heavy atom. The zero-order valence-electron chi connectivity index (χ0n) is 15.6. The van der Waals surface area contributed by atoms with Gasteiger partial charge >= 0.3 is 6.09 Å². The Morgan fingerprint density at radius 1 is 1.32 bits per heavy atom. The molecule has 9 nitrogen and oxygen atoms in total. The number of piperazine rings is 1. The van der Waals surface area contributed by atoms with Crippen LogP contribution in [0.4, 0.5) is 16.4 Å². The third kappa shape index (κ3) is 5.08. The SMILES string of the molecule is CCOC(=O)Nc1cc(CN2CCN(c3ccc(C#N)cn3)CC2)cc(=O)[nH]1. The Balaban J connectivity index is 1.58. The van der Waals surface area contributed by atoms with Gasteiger partial charge in [0.1, 0.15) is 17.7 Å². The van der Waals surface area contributed by atoms with Crippen molar-refractivity contribution in [1.29, 1.82) is 5.26 Å². The molecule has 0 aliphatic carbocycles. The molecular formula is C19H22N6O3. The van der Waals surface area contributed by atoms with Crippen molar-refractivity contribution in [1.82, 2.24) is 14.9 Å². The van der Waals surface area contributed by atoms with Gasteiger partial charge in [-0.25, -0.2) is 9.78 Å². The number of hydrogen-bond donors (Lipinski definition) is 2. The topological polar surface area (TPSA) is 114 Å². The highest BCUT2D eigenvalue weighted by Gasteiger charge is 2.18. The van der Waals surface area contributed by atoms with Crippen LogP contribution >= 0.6 is 0 Å². The third-order valence-corrected chi connectivity index (χ3v) is 4.40. The van der Waals surface area contributed by atoms with Crippen LogP contribution < -0.4 is 15.8 Å². The van der Waals surface area contributed by atoms with Crippen molar-refractivity contribution in [2.75, 3.05) is 43.0 Å². The van der Waals surface area contributed by atoms with Gasteiger partial charge < -0.3 is 14.6 Å². The Hall–Kier alpha value is -3.38. The molecule has 2 aromatic heterocycles. The molecule has 0 atom stereocenters. The van der Waals surface area contributed by atoms with Crippen molar-refractivity contribution in [2.24, 2.45) is 0 Å². The Labute approximate surface area is 162 Å². The molecule has 0 aromatic carbocycles. The van der Waals surface area contributed by atoms with Crippen LogP contribution in [-0.4, -0.2) is 53.7 Å². The minimum absolute atomic E-state index is 0.258. The summed E-state index contributed by atoms with van der Waals surface area (Å²) >= 11 is 0. The van der Waals surface area contributed by atoms with Crippen molar-refractivity contribution < 1.29 is 9.53 Å². The minimum atomic E-state index is -0.598. The first kappa shape index (κ1) is 19.4. The predicted octanol–water partition coefficient (Wildman–Crippen LogP) is 1.53. The Morgan fingerprint density at radius 3 is 2.75 bits per heavy atom. The molecule has 0 spiro atoms. The second-order valence-electron chi connectivity index (χ2n) is 6.39. The lowest BCUT2D eigenvalue weighted by atomic mass is 10.2. The van der Waals surface area contributed by atoms with Gasteiger partial charge in [-0.1, -0.05) is 0 Å². The second-order valence-corrected chi connectivity index (χ2v) is 6.39. The molecule has 0 unspecified atom stereocenters. The van der Waals surface area contributed by atoms with Crippen molar-refractivity contribution in [3.8, 4) is 6.07 Å². The Kier molecular flexibility index (Phi) is 6.24. The van der Waals surface area contributed by atoms with E-state index < -0.39 is 6.09 Å². The number of pyridine rings is 2. The Bertz CT molecular complexity index is 911. The minimum Gasteiger partial charge on any atom is -0.450 e. The number of nitrogens with one attached hydrogen (secondary N) is 2. The van der Waals surface area contributed by atoms with Crippen LogP contribution in [-0.2, 0) is 11.3 Å². The van der Waals surface area contributed by atoms with Gasteiger partial charge in [-0.05, 0) is 30.7 Å². The summed E-state index contributed by atoms with van der Waals surface area (Å²) < 4.78 is 4.83. The average molecular weight is 382 g/mol. The van der Waals surface area contributed by atoms with Gasteiger partial charge in [-0.2, -0.15) is 5.26 Å². The molecule has 1 aliphatic heterocycles. The number of aromatic amines is 1. The van der Waals surface area contributed by atoms with E-state index in [4.69, 9.17) is 10.00 Å². The molecule has 0 radical (unpaired) electrons. The van der Waals surface area contributed by atoms with Crippen molar-refractivity contribution in [3.63, 3.8) is 0 Å². The number of H-pyrrole nitrogens is 1. The number of nitrogens with zero attached hydrogens (tertiary/aromatic N) is 4. The highest BCUT2D eigenvalue weighted by atomic mass is 16.5. The van der Waals surface area contributed by atoms with Crippen molar-refractivity contribution >= 4 is 17.7 Å². The van der Waals surface area contributed by atoms with Gasteiger partial charge in [0.2, 0.25) is 5.56 Å². The number of anilines is 2. The van der Waals surface area contributed by atoms with Gasteiger partial charge in [0.05, 0.1) is 12.2 Å². The number of ether oxygens (including phenoxy) is 1. The summed E-state index contributed by atoms with van der Waals surface area (Å²) in [4.78, 5) is 34.7. The second kappa shape index (κ2) is 9.01. The number of hydrogen-bond acceptors (Lipinski definition) is 7. The molecule has 3 rings (SSSR count). The van der Waals surface area contributed by atoms with E-state index in [9.17, 15) is 9.59 Å². The molecule has 28 heavy (non-hydrogen) atoms. The number of aromatic nitrogens is 2. The van der Waals surface area contributed by atoms with Crippen LogP contribution in [0.25, 0.3) is 0 Å². The molecule has 1 aliphatic rings. The summed E-state index contributed by atoms with van der Waals surface area (Å²) in [5.74, 6) is 1.18. The molecule has 2 aromatic rings. The van der Waals surface area contributed by atoms with E-state index in [0.29, 0.717) is 17.9 Å². The number of carbonyl (C=O) groups is 1. The molecule has 9 heteroatoms. The molecule has 2 N–H and O–H groups in total. The summed E-state index contributed by atoms with van der Waals surface area (Å²) in [5, 5.41) is 11.4. The average Bonchev–Trinajstić information content (AvgIpc) is 2.68. The van der Waals surface area contributed by atoms with Crippen LogP contribution in [0.2, 0.25) is 0 Å². The largest absolute Gasteiger partial charge is 0.450 e. The highest BCUT2D eigenvalue weighted by molar-refractivity contribution is 5.83. The fourth-order valence-electron chi connectivity index (χ4n) is 3.07. The predicted molar refractivity (Wildman–Crippen MR) is 104 cm³/mol. The molecule has 1 amide bonds. The number of rotatable bonds is 5. The summed E-state index contributed by atoms with van der Waals surface area (Å²) in [7, 11) is 0. The summed E-state index contributed by atoms with van der Waals surface area (Å²) in [6.07, 6.45) is 0.981. The molecule has 1 saturated heterocycles. The van der Waals surface area contributed by atoms with Gasteiger partial charge in [-0.3, -0.25) is 15.0 Å². The van der Waals surface area contributed by atoms with Crippen molar-refractivity contribution in [3.05, 3.63) is 51.9 Å². The normalized spacial score (nSPS) is 14.4. The molecule has 146 valence electrons. The van der Waals surface area contributed by atoms with Crippen LogP contribution in [0, 0.1) is 11.3 Å². The first-order valence-corrected chi connectivity index (χ1v) is 9.08. The summed E-state index contributed by atoms with van der Waals surface area (Å²) in [6, 6.07) is 8.97. The highest BCUT2D eigenvalue weighted by Crippen LogP contribution is 2.16. The summed E-state index contributed by atoms with van der Waals surface area (Å²) in [5.41, 5.74) is 1.09. The van der Waals surface area contributed by atoms with Crippen LogP contribution in [0.3, 0.4) is 0 Å². The van der Waals surface area contributed by atoms with E-state index in [0.717, 1.165) is 37.6 Å². The lowest BCUT2D eigenvalue weighted by molar-refractivity contribution is 0.168. The van der Waals surface area contributed by atoms with E-state index >= 15 is 0 Å². The van der Waals surface area contributed by atoms with Gasteiger partial charge in [-0.15, -0.1) is 0 Å². The van der Waals surface area contributed by atoms with Crippen molar-refractivity contribution in [2.45, 2.75) is 13.5 Å². The van der Waals surface area contributed by atoms with E-state index in [1.165, 1.54) is 6.07 Å². The number of amides is 1. The molecule has 0 bridgehead atoms. The first-order chi connectivity index (χ1) is 13.6. The number of carbonyl (C=O) groups excluding carboxylic acids is 1. The van der Waals surface area contributed by atoms with Crippen LogP contribution in [0.1, 0.15) is 18.1 Å². The van der Waals surface area contributed by atoms with E-state index in [2.05, 4.69) is 31.2 Å². The first-order valence-electron chi connectivity index (χ1n) is 9.08. The van der Waals surface area contributed by atoms with Crippen LogP contribution in [0.15, 0.2) is 35.3 Å². The molecule has 0 saturated carbocycles. The number of nitriles is 1.